The summed E-state index contributed by atoms with van der Waals surface area (Å²) in [6.07, 6.45) is 1.23. The zero-order valence-electron chi connectivity index (χ0n) is 19.7. The van der Waals surface area contributed by atoms with Gasteiger partial charge in [0.25, 0.3) is 0 Å². The number of carbonyl (C=O) groups is 1. The number of nitrogens with zero attached hydrogens (tertiary/aromatic N) is 1. The van der Waals surface area contributed by atoms with Crippen LogP contribution in [-0.2, 0) is 20.7 Å². The van der Waals surface area contributed by atoms with Crippen LogP contribution in [0.4, 0.5) is 4.79 Å². The molecule has 1 saturated heterocycles. The molecule has 0 atom stereocenters. The van der Waals surface area contributed by atoms with Crippen LogP contribution < -0.4 is 10.1 Å². The van der Waals surface area contributed by atoms with E-state index in [1.807, 2.05) is 58.0 Å². The van der Waals surface area contributed by atoms with Crippen molar-refractivity contribution < 1.29 is 23.6 Å². The molecule has 2 aromatic carbocycles. The molecule has 1 aliphatic rings. The van der Waals surface area contributed by atoms with Crippen LogP contribution in [0.25, 0.3) is 6.08 Å². The minimum absolute atomic E-state index is 0.118. The highest BCUT2D eigenvalue weighted by Crippen LogP contribution is 2.39. The Labute approximate surface area is 195 Å². The van der Waals surface area contributed by atoms with Crippen LogP contribution >= 0.6 is 0 Å². The van der Waals surface area contributed by atoms with Crippen molar-refractivity contribution >= 4 is 19.3 Å². The van der Waals surface area contributed by atoms with Crippen LogP contribution in [0.1, 0.15) is 44.4 Å². The molecular formula is C25H29BN2O5. The molecule has 0 saturated carbocycles. The second-order valence-electron chi connectivity index (χ2n) is 8.76. The predicted octanol–water partition coefficient (Wildman–Crippen LogP) is 4.51. The van der Waals surface area contributed by atoms with E-state index in [9.17, 15) is 10.1 Å². The molecule has 1 N–H and O–H groups in total. The largest absolute Gasteiger partial charge is 0.495 e. The summed E-state index contributed by atoms with van der Waals surface area (Å²) in [5.41, 5.74) is 1.45. The van der Waals surface area contributed by atoms with Gasteiger partial charge < -0.3 is 24.1 Å². The lowest BCUT2D eigenvalue weighted by atomic mass is 9.76. The number of alkyl carbamates (subject to hydrolysis) is 1. The molecule has 0 aliphatic carbocycles. The monoisotopic (exact) mass is 448 g/mol. The lowest BCUT2D eigenvalue weighted by Crippen LogP contribution is -2.41. The van der Waals surface area contributed by atoms with E-state index in [-0.39, 0.29) is 13.2 Å². The zero-order chi connectivity index (χ0) is 24.1. The third-order valence-electron chi connectivity index (χ3n) is 5.94. The normalized spacial score (nSPS) is 16.7. The Hall–Kier alpha value is -3.28. The molecule has 8 heteroatoms. The number of ether oxygens (including phenoxy) is 2. The minimum atomic E-state index is -0.706. The summed E-state index contributed by atoms with van der Waals surface area (Å²) in [6, 6.07) is 17.0. The van der Waals surface area contributed by atoms with Gasteiger partial charge in [-0.25, -0.2) is 4.79 Å². The molecule has 1 aliphatic heterocycles. The van der Waals surface area contributed by atoms with Crippen molar-refractivity contribution in [3.05, 3.63) is 70.7 Å². The maximum atomic E-state index is 12.4. The first-order valence-electron chi connectivity index (χ1n) is 10.7. The van der Waals surface area contributed by atoms with E-state index in [4.69, 9.17) is 18.8 Å². The maximum Gasteiger partial charge on any atom is 0.492 e. The van der Waals surface area contributed by atoms with Gasteiger partial charge in [-0.15, -0.1) is 0 Å². The van der Waals surface area contributed by atoms with Gasteiger partial charge in [0.1, 0.15) is 24.0 Å². The number of benzene rings is 2. The van der Waals surface area contributed by atoms with Gasteiger partial charge in [0.05, 0.1) is 18.3 Å². The Balaban J connectivity index is 1.82. The molecule has 0 unspecified atom stereocenters. The summed E-state index contributed by atoms with van der Waals surface area (Å²) in [7, 11) is 0.811. The quantitative estimate of drug-likeness (QED) is 0.627. The molecular weight excluding hydrogens is 419 g/mol. The second kappa shape index (κ2) is 10.1. The Morgan fingerprint density at radius 1 is 1.09 bits per heavy atom. The predicted molar refractivity (Wildman–Crippen MR) is 126 cm³/mol. The summed E-state index contributed by atoms with van der Waals surface area (Å²) in [5, 5.41) is 12.4. The number of methoxy groups -OCH3 is 1. The lowest BCUT2D eigenvalue weighted by Gasteiger charge is -2.32. The van der Waals surface area contributed by atoms with E-state index in [2.05, 4.69) is 11.4 Å². The molecule has 7 nitrogen and oxygen atoms in total. The number of carbonyl (C=O) groups excluding carboxylic acids is 1. The molecule has 2 aromatic rings. The van der Waals surface area contributed by atoms with Gasteiger partial charge in [-0.3, -0.25) is 0 Å². The first kappa shape index (κ1) is 24.4. The fourth-order valence-corrected chi connectivity index (χ4v) is 3.30. The third kappa shape index (κ3) is 5.75. The first-order valence-corrected chi connectivity index (χ1v) is 10.7. The van der Waals surface area contributed by atoms with Gasteiger partial charge in [0.15, 0.2) is 0 Å². The van der Waals surface area contributed by atoms with Crippen LogP contribution in [0, 0.1) is 11.3 Å². The summed E-state index contributed by atoms with van der Waals surface area (Å²) >= 11 is 0. The van der Waals surface area contributed by atoms with Gasteiger partial charge in [0, 0.05) is 6.54 Å². The van der Waals surface area contributed by atoms with Crippen molar-refractivity contribution in [3.63, 3.8) is 0 Å². The van der Waals surface area contributed by atoms with Crippen LogP contribution in [0.2, 0.25) is 0 Å². The minimum Gasteiger partial charge on any atom is -0.495 e. The SMILES string of the molecule is COc1cccc(C=C(CNC(=O)OCc2ccccc2)B2OC(C)(C)C(C)(C)O2)c1C#N. The van der Waals surface area contributed by atoms with Gasteiger partial charge in [-0.05, 0) is 50.4 Å². The van der Waals surface area contributed by atoms with Crippen LogP contribution in [0.15, 0.2) is 54.0 Å². The molecule has 0 spiro atoms. The molecule has 1 heterocycles. The average molecular weight is 448 g/mol. The summed E-state index contributed by atoms with van der Waals surface area (Å²) in [5.74, 6) is 0.467. The Kier molecular flexibility index (Phi) is 7.47. The highest BCUT2D eigenvalue weighted by Gasteiger charge is 2.52. The third-order valence-corrected chi connectivity index (χ3v) is 5.94. The van der Waals surface area contributed by atoms with Gasteiger partial charge in [-0.2, -0.15) is 5.26 Å². The van der Waals surface area contributed by atoms with Crippen LogP contribution in [-0.4, -0.2) is 38.1 Å². The zero-order valence-corrected chi connectivity index (χ0v) is 19.7. The topological polar surface area (TPSA) is 89.8 Å². The number of nitriles is 1. The Morgan fingerprint density at radius 3 is 2.36 bits per heavy atom. The average Bonchev–Trinajstić information content (AvgIpc) is 3.02. The molecule has 33 heavy (non-hydrogen) atoms. The highest BCUT2D eigenvalue weighted by atomic mass is 16.7. The summed E-state index contributed by atoms with van der Waals surface area (Å²) in [6.45, 7) is 8.11. The van der Waals surface area contributed by atoms with Crippen LogP contribution in [0.5, 0.6) is 5.75 Å². The smallest absolute Gasteiger partial charge is 0.492 e. The first-order chi connectivity index (χ1) is 15.7. The standard InChI is InChI=1S/C25H29BN2O5/c1-24(2)25(3,4)33-26(32-24)20(14-19-12-9-13-22(30-5)21(19)15-27)16-28-23(29)31-17-18-10-7-6-8-11-18/h6-14H,16-17H2,1-5H3,(H,28,29). The molecule has 0 radical (unpaired) electrons. The van der Waals surface area contributed by atoms with Gasteiger partial charge >= 0.3 is 13.2 Å². The molecule has 172 valence electrons. The Morgan fingerprint density at radius 2 is 1.76 bits per heavy atom. The molecule has 0 aromatic heterocycles. The number of amides is 1. The van der Waals surface area contributed by atoms with Crippen molar-refractivity contribution in [1.82, 2.24) is 5.32 Å². The molecule has 3 rings (SSSR count). The van der Waals surface area contributed by atoms with Crippen LogP contribution in [0.3, 0.4) is 0 Å². The van der Waals surface area contributed by atoms with Crippen molar-refractivity contribution in [1.29, 1.82) is 5.26 Å². The van der Waals surface area contributed by atoms with E-state index in [0.29, 0.717) is 22.3 Å². The van der Waals surface area contributed by atoms with E-state index in [1.165, 1.54) is 7.11 Å². The number of hydrogen-bond acceptors (Lipinski definition) is 6. The highest BCUT2D eigenvalue weighted by molar-refractivity contribution is 6.56. The fourth-order valence-electron chi connectivity index (χ4n) is 3.30. The lowest BCUT2D eigenvalue weighted by molar-refractivity contribution is 0.00578. The molecule has 1 amide bonds. The van der Waals surface area contributed by atoms with Gasteiger partial charge in [0.2, 0.25) is 0 Å². The van der Waals surface area contributed by atoms with Crippen molar-refractivity contribution in [2.45, 2.75) is 45.5 Å². The summed E-state index contributed by atoms with van der Waals surface area (Å²) in [4.78, 5) is 12.4. The van der Waals surface area contributed by atoms with E-state index < -0.39 is 24.4 Å². The Bertz CT molecular complexity index is 1040. The number of hydrogen-bond donors (Lipinski definition) is 1. The second-order valence-corrected chi connectivity index (χ2v) is 8.76. The maximum absolute atomic E-state index is 12.4. The van der Waals surface area contributed by atoms with Crippen molar-refractivity contribution in [3.8, 4) is 11.8 Å². The van der Waals surface area contributed by atoms with Crippen molar-refractivity contribution in [2.24, 2.45) is 0 Å². The summed E-state index contributed by atoms with van der Waals surface area (Å²) < 4.78 is 23.0. The van der Waals surface area contributed by atoms with E-state index in [0.717, 1.165) is 5.56 Å². The van der Waals surface area contributed by atoms with Gasteiger partial charge in [-0.1, -0.05) is 48.5 Å². The van der Waals surface area contributed by atoms with E-state index >= 15 is 0 Å². The number of rotatable bonds is 7. The van der Waals surface area contributed by atoms with E-state index in [1.54, 1.807) is 24.3 Å². The van der Waals surface area contributed by atoms with Crippen molar-refractivity contribution in [2.75, 3.05) is 13.7 Å². The number of nitrogens with one attached hydrogen (secondary N) is 1. The fraction of sp³-hybridized carbons (Fsp3) is 0.360. The molecule has 0 bridgehead atoms. The molecule has 1 fully saturated rings.